The van der Waals surface area contributed by atoms with Crippen LogP contribution in [0.5, 0.6) is 0 Å². The van der Waals surface area contributed by atoms with E-state index in [0.717, 1.165) is 24.3 Å². The molecule has 0 heterocycles. The van der Waals surface area contributed by atoms with Crippen LogP contribution in [0.15, 0.2) is 42.5 Å². The molecular weight excluding hydrogens is 373 g/mol. The van der Waals surface area contributed by atoms with Crippen molar-refractivity contribution in [2.24, 2.45) is 5.92 Å². The molecule has 0 saturated carbocycles. The Kier molecular flexibility index (Phi) is 7.17. The van der Waals surface area contributed by atoms with Crippen molar-refractivity contribution in [3.05, 3.63) is 71.0 Å². The van der Waals surface area contributed by atoms with Crippen LogP contribution in [0.1, 0.15) is 35.9 Å². The second-order valence-corrected chi connectivity index (χ2v) is 6.61. The third-order valence-electron chi connectivity index (χ3n) is 4.13. The summed E-state index contributed by atoms with van der Waals surface area (Å²) in [5.74, 6) is -4.71. The molecular formula is C20H21F3N2O3. The van der Waals surface area contributed by atoms with Gasteiger partial charge < -0.3 is 15.7 Å². The summed E-state index contributed by atoms with van der Waals surface area (Å²) >= 11 is 0. The van der Waals surface area contributed by atoms with Gasteiger partial charge in [0.15, 0.2) is 0 Å². The predicted molar refractivity (Wildman–Crippen MR) is 96.8 cm³/mol. The van der Waals surface area contributed by atoms with Crippen LogP contribution in [0, 0.1) is 23.4 Å². The van der Waals surface area contributed by atoms with Gasteiger partial charge in [0.2, 0.25) is 5.91 Å². The molecule has 2 amide bonds. The van der Waals surface area contributed by atoms with Crippen LogP contribution in [-0.2, 0) is 4.79 Å². The van der Waals surface area contributed by atoms with E-state index < -0.39 is 52.9 Å². The molecule has 5 nitrogen and oxygen atoms in total. The molecule has 3 N–H and O–H groups in total. The van der Waals surface area contributed by atoms with Gasteiger partial charge in [-0.05, 0) is 35.7 Å². The topological polar surface area (TPSA) is 78.4 Å². The van der Waals surface area contributed by atoms with Gasteiger partial charge in [0, 0.05) is 6.54 Å². The molecule has 0 fully saturated rings. The Hall–Kier alpha value is -2.87. The van der Waals surface area contributed by atoms with Gasteiger partial charge in [-0.1, -0.05) is 32.0 Å². The molecule has 0 spiro atoms. The van der Waals surface area contributed by atoms with Crippen molar-refractivity contribution >= 4 is 11.8 Å². The first-order valence-electron chi connectivity index (χ1n) is 8.66. The molecule has 0 aliphatic carbocycles. The largest absolute Gasteiger partial charge is 0.387 e. The van der Waals surface area contributed by atoms with Crippen molar-refractivity contribution in [1.82, 2.24) is 10.6 Å². The Labute approximate surface area is 160 Å². The van der Waals surface area contributed by atoms with Gasteiger partial charge in [0.1, 0.15) is 29.1 Å². The first kappa shape index (κ1) is 21.4. The van der Waals surface area contributed by atoms with E-state index in [1.807, 2.05) is 0 Å². The molecule has 2 aromatic rings. The lowest BCUT2D eigenvalue weighted by molar-refractivity contribution is -0.124. The Morgan fingerprint density at radius 3 is 2.21 bits per heavy atom. The number of benzene rings is 2. The Morgan fingerprint density at radius 1 is 1.04 bits per heavy atom. The predicted octanol–water partition coefficient (Wildman–Crippen LogP) is 2.71. The molecule has 0 aromatic heterocycles. The van der Waals surface area contributed by atoms with E-state index in [9.17, 15) is 27.9 Å². The minimum atomic E-state index is -1.16. The molecule has 150 valence electrons. The summed E-state index contributed by atoms with van der Waals surface area (Å²) in [5.41, 5.74) is -0.500. The van der Waals surface area contributed by atoms with Crippen molar-refractivity contribution in [1.29, 1.82) is 0 Å². The summed E-state index contributed by atoms with van der Waals surface area (Å²) < 4.78 is 40.7. The summed E-state index contributed by atoms with van der Waals surface area (Å²) in [6.07, 6.45) is -1.16. The van der Waals surface area contributed by atoms with Crippen LogP contribution in [-0.4, -0.2) is 29.5 Å². The summed E-state index contributed by atoms with van der Waals surface area (Å²) in [7, 11) is 0. The van der Waals surface area contributed by atoms with Crippen LogP contribution in [0.3, 0.4) is 0 Å². The number of carbonyl (C=O) groups excluding carboxylic acids is 2. The van der Waals surface area contributed by atoms with E-state index in [2.05, 4.69) is 10.6 Å². The van der Waals surface area contributed by atoms with Crippen LogP contribution < -0.4 is 10.6 Å². The van der Waals surface area contributed by atoms with Crippen LogP contribution in [0.25, 0.3) is 0 Å². The maximum atomic E-state index is 13.8. The number of rotatable bonds is 7. The molecule has 2 aromatic carbocycles. The zero-order chi connectivity index (χ0) is 20.8. The summed E-state index contributed by atoms with van der Waals surface area (Å²) in [6, 6.07) is 7.21. The third-order valence-corrected chi connectivity index (χ3v) is 4.13. The molecule has 0 radical (unpaired) electrons. The van der Waals surface area contributed by atoms with Gasteiger partial charge in [0.05, 0.1) is 6.10 Å². The fourth-order valence-electron chi connectivity index (χ4n) is 2.60. The maximum absolute atomic E-state index is 13.8. The van der Waals surface area contributed by atoms with Gasteiger partial charge in [-0.25, -0.2) is 13.2 Å². The van der Waals surface area contributed by atoms with Crippen molar-refractivity contribution in [2.45, 2.75) is 26.0 Å². The highest BCUT2D eigenvalue weighted by Gasteiger charge is 2.27. The van der Waals surface area contributed by atoms with E-state index in [4.69, 9.17) is 0 Å². The van der Waals surface area contributed by atoms with E-state index in [-0.39, 0.29) is 12.1 Å². The van der Waals surface area contributed by atoms with Crippen molar-refractivity contribution in [3.63, 3.8) is 0 Å². The van der Waals surface area contributed by atoms with Gasteiger partial charge >= 0.3 is 0 Å². The van der Waals surface area contributed by atoms with E-state index >= 15 is 0 Å². The van der Waals surface area contributed by atoms with Crippen molar-refractivity contribution < 1.29 is 27.9 Å². The number of carbonyl (C=O) groups is 2. The molecule has 28 heavy (non-hydrogen) atoms. The highest BCUT2D eigenvalue weighted by Crippen LogP contribution is 2.15. The number of hydrogen-bond acceptors (Lipinski definition) is 3. The highest BCUT2D eigenvalue weighted by atomic mass is 19.1. The van der Waals surface area contributed by atoms with Crippen LogP contribution in [0.2, 0.25) is 0 Å². The Bertz CT molecular complexity index is 838. The fraction of sp³-hybridized carbons (Fsp3) is 0.300. The smallest absolute Gasteiger partial charge is 0.257 e. The number of nitrogens with one attached hydrogen (secondary N) is 2. The second kappa shape index (κ2) is 9.36. The van der Waals surface area contributed by atoms with Crippen molar-refractivity contribution in [3.8, 4) is 0 Å². The fourth-order valence-corrected chi connectivity index (χ4v) is 2.60. The average Bonchev–Trinajstić information content (AvgIpc) is 2.63. The number of hydrogen-bond donors (Lipinski definition) is 3. The summed E-state index contributed by atoms with van der Waals surface area (Å²) in [4.78, 5) is 24.7. The quantitative estimate of drug-likeness (QED) is 0.676. The van der Waals surface area contributed by atoms with E-state index in [1.54, 1.807) is 13.8 Å². The minimum Gasteiger partial charge on any atom is -0.387 e. The van der Waals surface area contributed by atoms with Crippen LogP contribution in [0.4, 0.5) is 13.2 Å². The zero-order valence-corrected chi connectivity index (χ0v) is 15.4. The first-order chi connectivity index (χ1) is 13.2. The van der Waals surface area contributed by atoms with Gasteiger partial charge in [-0.15, -0.1) is 0 Å². The monoisotopic (exact) mass is 394 g/mol. The third kappa shape index (κ3) is 5.32. The van der Waals surface area contributed by atoms with E-state index in [0.29, 0.717) is 0 Å². The summed E-state index contributed by atoms with van der Waals surface area (Å²) in [5, 5.41) is 14.8. The second-order valence-electron chi connectivity index (χ2n) is 6.61. The Balaban J connectivity index is 2.05. The first-order valence-corrected chi connectivity index (χ1v) is 8.66. The average molecular weight is 394 g/mol. The maximum Gasteiger partial charge on any atom is 0.257 e. The van der Waals surface area contributed by atoms with Gasteiger partial charge in [-0.2, -0.15) is 0 Å². The molecule has 0 saturated heterocycles. The number of amides is 2. The van der Waals surface area contributed by atoms with Gasteiger partial charge in [0.25, 0.3) is 5.91 Å². The number of halogens is 3. The molecule has 2 atom stereocenters. The SMILES string of the molecule is CC(C)C(NC(=O)c1c(F)cccc1F)C(=O)NCC(O)c1cccc(F)c1. The lowest BCUT2D eigenvalue weighted by Crippen LogP contribution is -2.50. The van der Waals surface area contributed by atoms with Gasteiger partial charge in [-0.3, -0.25) is 9.59 Å². The normalized spacial score (nSPS) is 13.1. The zero-order valence-electron chi connectivity index (χ0n) is 15.4. The van der Waals surface area contributed by atoms with E-state index in [1.165, 1.54) is 18.2 Å². The van der Waals surface area contributed by atoms with Crippen LogP contribution >= 0.6 is 0 Å². The lowest BCUT2D eigenvalue weighted by Gasteiger charge is -2.23. The lowest BCUT2D eigenvalue weighted by atomic mass is 10.0. The molecule has 0 aliphatic heterocycles. The number of aliphatic hydroxyl groups excluding tert-OH is 1. The molecule has 0 aliphatic rings. The minimum absolute atomic E-state index is 0.227. The molecule has 0 bridgehead atoms. The summed E-state index contributed by atoms with van der Waals surface area (Å²) in [6.45, 7) is 3.06. The molecule has 8 heteroatoms. The number of aliphatic hydroxyl groups is 1. The molecule has 2 rings (SSSR count). The standard InChI is InChI=1S/C20H21F3N2O3/c1-11(2)18(25-19(27)17-14(22)7-4-8-15(17)23)20(28)24-10-16(26)12-5-3-6-13(21)9-12/h3-9,11,16,18,26H,10H2,1-2H3,(H,24,28)(H,25,27). The highest BCUT2D eigenvalue weighted by molar-refractivity contribution is 5.98. The van der Waals surface area contributed by atoms with Crippen molar-refractivity contribution in [2.75, 3.05) is 6.54 Å². The Morgan fingerprint density at radius 2 is 1.64 bits per heavy atom. The molecule has 2 unspecified atom stereocenters.